The van der Waals surface area contributed by atoms with Gasteiger partial charge in [-0.1, -0.05) is 32.4 Å². The maximum Gasteiger partial charge on any atom is 0.120 e. The Hall–Kier alpha value is -0.590. The predicted octanol–water partition coefficient (Wildman–Crippen LogP) is 3.74. The molecule has 0 radical (unpaired) electrons. The Morgan fingerprint density at radius 1 is 1.31 bits per heavy atom. The molecule has 0 aliphatic carbocycles. The lowest BCUT2D eigenvalue weighted by Crippen LogP contribution is -1.94. The van der Waals surface area contributed by atoms with Crippen molar-refractivity contribution in [2.75, 3.05) is 0 Å². The zero-order valence-electron chi connectivity index (χ0n) is 9.18. The molecule has 0 saturated carbocycles. The van der Waals surface area contributed by atoms with Crippen LogP contribution in [-0.4, -0.2) is 6.29 Å². The first kappa shape index (κ1) is 12.4. The van der Waals surface area contributed by atoms with Crippen LogP contribution < -0.4 is 0 Å². The van der Waals surface area contributed by atoms with E-state index in [1.165, 1.54) is 12.8 Å². The first-order valence-electron chi connectivity index (χ1n) is 5.36. The Bertz CT molecular complexity index is 153. The molecule has 0 aromatic rings. The van der Waals surface area contributed by atoms with Gasteiger partial charge in [-0.25, -0.2) is 0 Å². The van der Waals surface area contributed by atoms with E-state index >= 15 is 0 Å². The lowest BCUT2D eigenvalue weighted by Gasteiger charge is -2.05. The maximum absolute atomic E-state index is 10.2. The maximum atomic E-state index is 10.2. The molecule has 76 valence electrons. The van der Waals surface area contributed by atoms with E-state index in [2.05, 4.69) is 26.8 Å². The highest BCUT2D eigenvalue weighted by Crippen LogP contribution is 2.13. The van der Waals surface area contributed by atoms with E-state index in [1.807, 2.05) is 0 Å². The number of hydrogen-bond acceptors (Lipinski definition) is 1. The van der Waals surface area contributed by atoms with E-state index < -0.39 is 0 Å². The Morgan fingerprint density at radius 3 is 2.38 bits per heavy atom. The van der Waals surface area contributed by atoms with Crippen LogP contribution in [0.5, 0.6) is 0 Å². The van der Waals surface area contributed by atoms with Gasteiger partial charge in [0.1, 0.15) is 6.29 Å². The molecule has 0 aromatic carbocycles. The third-order valence-corrected chi connectivity index (χ3v) is 2.50. The van der Waals surface area contributed by atoms with Gasteiger partial charge in [-0.2, -0.15) is 0 Å². The summed E-state index contributed by atoms with van der Waals surface area (Å²) in [6.45, 7) is 6.54. The van der Waals surface area contributed by atoms with Gasteiger partial charge in [-0.15, -0.1) is 0 Å². The first-order valence-corrected chi connectivity index (χ1v) is 5.36. The Labute approximate surface area is 82.2 Å². The molecule has 1 nitrogen and oxygen atoms in total. The van der Waals surface area contributed by atoms with Crippen LogP contribution in [0.1, 0.15) is 52.9 Å². The first-order chi connectivity index (χ1) is 6.24. The van der Waals surface area contributed by atoms with Gasteiger partial charge < -0.3 is 4.79 Å². The van der Waals surface area contributed by atoms with Crippen molar-refractivity contribution < 1.29 is 4.79 Å². The van der Waals surface area contributed by atoms with Crippen LogP contribution in [0.2, 0.25) is 0 Å². The Kier molecular flexibility index (Phi) is 7.66. The van der Waals surface area contributed by atoms with Crippen LogP contribution in [-0.2, 0) is 4.79 Å². The van der Waals surface area contributed by atoms with Crippen molar-refractivity contribution in [1.29, 1.82) is 0 Å². The minimum atomic E-state index is 0.545. The highest BCUT2D eigenvalue weighted by atomic mass is 16.1. The molecule has 0 saturated heterocycles. The van der Waals surface area contributed by atoms with Gasteiger partial charge >= 0.3 is 0 Å². The van der Waals surface area contributed by atoms with Gasteiger partial charge in [-0.3, -0.25) is 0 Å². The van der Waals surface area contributed by atoms with Crippen LogP contribution in [0, 0.1) is 5.92 Å². The summed E-state index contributed by atoms with van der Waals surface area (Å²) in [4.78, 5) is 10.2. The van der Waals surface area contributed by atoms with Crippen molar-refractivity contribution in [1.82, 2.24) is 0 Å². The SMILES string of the molecule is CCC(=CCCC(C)CC=O)CC. The van der Waals surface area contributed by atoms with Crippen LogP contribution in [0.3, 0.4) is 0 Å². The highest BCUT2D eigenvalue weighted by molar-refractivity contribution is 5.49. The molecular weight excluding hydrogens is 160 g/mol. The summed E-state index contributed by atoms with van der Waals surface area (Å²) in [7, 11) is 0. The van der Waals surface area contributed by atoms with E-state index in [-0.39, 0.29) is 0 Å². The smallest absolute Gasteiger partial charge is 0.120 e. The van der Waals surface area contributed by atoms with Crippen LogP contribution >= 0.6 is 0 Å². The number of allylic oxidation sites excluding steroid dienone is 2. The minimum absolute atomic E-state index is 0.545. The second kappa shape index (κ2) is 8.03. The highest BCUT2D eigenvalue weighted by Gasteiger charge is 1.99. The largest absolute Gasteiger partial charge is 0.303 e. The van der Waals surface area contributed by atoms with Crippen molar-refractivity contribution in [3.8, 4) is 0 Å². The lowest BCUT2D eigenvalue weighted by molar-refractivity contribution is -0.108. The summed E-state index contributed by atoms with van der Waals surface area (Å²) >= 11 is 0. The molecule has 0 aliphatic rings. The molecule has 1 unspecified atom stereocenters. The van der Waals surface area contributed by atoms with Crippen molar-refractivity contribution in [3.63, 3.8) is 0 Å². The number of carbonyl (C=O) groups is 1. The summed E-state index contributed by atoms with van der Waals surface area (Å²) < 4.78 is 0. The summed E-state index contributed by atoms with van der Waals surface area (Å²) in [5, 5.41) is 0. The standard InChI is InChI=1S/C12H22O/c1-4-12(5-2)8-6-7-11(3)9-10-13/h8,10-11H,4-7,9H2,1-3H3. The summed E-state index contributed by atoms with van der Waals surface area (Å²) in [6.07, 6.45) is 8.67. The molecule has 0 aromatic heterocycles. The van der Waals surface area contributed by atoms with Gasteiger partial charge in [0.25, 0.3) is 0 Å². The summed E-state index contributed by atoms with van der Waals surface area (Å²) in [6, 6.07) is 0. The fourth-order valence-electron chi connectivity index (χ4n) is 1.39. The predicted molar refractivity (Wildman–Crippen MR) is 57.7 cm³/mol. The number of rotatable bonds is 7. The monoisotopic (exact) mass is 182 g/mol. The molecular formula is C12H22O. The molecule has 0 aliphatic heterocycles. The lowest BCUT2D eigenvalue weighted by atomic mass is 10.0. The molecule has 0 fully saturated rings. The van der Waals surface area contributed by atoms with Gasteiger partial charge in [0.2, 0.25) is 0 Å². The Morgan fingerprint density at radius 2 is 1.92 bits per heavy atom. The molecule has 0 amide bonds. The summed E-state index contributed by atoms with van der Waals surface area (Å²) in [5.41, 5.74) is 1.54. The fraction of sp³-hybridized carbons (Fsp3) is 0.750. The summed E-state index contributed by atoms with van der Waals surface area (Å²) in [5.74, 6) is 0.545. The van der Waals surface area contributed by atoms with E-state index in [0.29, 0.717) is 12.3 Å². The molecule has 1 atom stereocenters. The van der Waals surface area contributed by atoms with E-state index in [1.54, 1.807) is 5.57 Å². The Balaban J connectivity index is 3.62. The average molecular weight is 182 g/mol. The number of carbonyl (C=O) groups excluding carboxylic acids is 1. The average Bonchev–Trinajstić information content (AvgIpc) is 2.13. The molecule has 1 heteroatoms. The van der Waals surface area contributed by atoms with Crippen molar-refractivity contribution in [3.05, 3.63) is 11.6 Å². The second-order valence-corrected chi connectivity index (χ2v) is 3.65. The third-order valence-electron chi connectivity index (χ3n) is 2.50. The second-order valence-electron chi connectivity index (χ2n) is 3.65. The minimum Gasteiger partial charge on any atom is -0.303 e. The van der Waals surface area contributed by atoms with Crippen LogP contribution in [0.4, 0.5) is 0 Å². The molecule has 0 heterocycles. The van der Waals surface area contributed by atoms with Crippen molar-refractivity contribution >= 4 is 6.29 Å². The zero-order chi connectivity index (χ0) is 10.1. The molecule has 0 spiro atoms. The number of aldehydes is 1. The van der Waals surface area contributed by atoms with Crippen molar-refractivity contribution in [2.24, 2.45) is 5.92 Å². The molecule has 0 rings (SSSR count). The zero-order valence-corrected chi connectivity index (χ0v) is 9.18. The van der Waals surface area contributed by atoms with Gasteiger partial charge in [0, 0.05) is 6.42 Å². The van der Waals surface area contributed by atoms with Gasteiger partial charge in [0.15, 0.2) is 0 Å². The van der Waals surface area contributed by atoms with E-state index in [0.717, 1.165) is 19.1 Å². The molecule has 0 bridgehead atoms. The molecule has 13 heavy (non-hydrogen) atoms. The van der Waals surface area contributed by atoms with Crippen molar-refractivity contribution in [2.45, 2.75) is 52.9 Å². The van der Waals surface area contributed by atoms with Crippen LogP contribution in [0.25, 0.3) is 0 Å². The fourth-order valence-corrected chi connectivity index (χ4v) is 1.39. The van der Waals surface area contributed by atoms with E-state index in [9.17, 15) is 4.79 Å². The topological polar surface area (TPSA) is 17.1 Å². The number of hydrogen-bond donors (Lipinski definition) is 0. The van der Waals surface area contributed by atoms with Gasteiger partial charge in [-0.05, 0) is 31.6 Å². The van der Waals surface area contributed by atoms with E-state index in [4.69, 9.17) is 0 Å². The molecule has 0 N–H and O–H groups in total. The normalized spacial score (nSPS) is 12.2. The third kappa shape index (κ3) is 6.56. The quantitative estimate of drug-likeness (QED) is 0.433. The van der Waals surface area contributed by atoms with Gasteiger partial charge in [0.05, 0.1) is 0 Å². The van der Waals surface area contributed by atoms with Crippen LogP contribution in [0.15, 0.2) is 11.6 Å².